The van der Waals surface area contributed by atoms with Crippen LogP contribution in [0.15, 0.2) is 24.3 Å². The molecule has 1 aliphatic rings. The van der Waals surface area contributed by atoms with E-state index in [0.717, 1.165) is 6.42 Å². The van der Waals surface area contributed by atoms with Crippen LogP contribution in [-0.2, 0) is 5.60 Å². The molecule has 1 nitrogen and oxygen atoms in total. The molecule has 1 aromatic carbocycles. The molecule has 0 spiro atoms. The Morgan fingerprint density at radius 1 is 1.24 bits per heavy atom. The van der Waals surface area contributed by atoms with Gasteiger partial charge in [0.2, 0.25) is 0 Å². The van der Waals surface area contributed by atoms with Crippen molar-refractivity contribution in [1.82, 2.24) is 0 Å². The van der Waals surface area contributed by atoms with Crippen molar-refractivity contribution in [2.45, 2.75) is 45.6 Å². The van der Waals surface area contributed by atoms with Gasteiger partial charge in [-0.1, -0.05) is 39.0 Å². The SMILES string of the molecule is CC1CC(C)(C)CC(O)(c2ccccc2F)C1. The predicted octanol–water partition coefficient (Wildman–Crippen LogP) is 3.86. The second-order valence-electron chi connectivity index (χ2n) is 6.37. The molecule has 0 heterocycles. The Morgan fingerprint density at radius 2 is 1.88 bits per heavy atom. The Morgan fingerprint density at radius 3 is 2.47 bits per heavy atom. The van der Waals surface area contributed by atoms with Crippen molar-refractivity contribution >= 4 is 0 Å². The minimum Gasteiger partial charge on any atom is -0.385 e. The number of aliphatic hydroxyl groups is 1. The minimum absolute atomic E-state index is 0.0642. The third kappa shape index (κ3) is 2.52. The van der Waals surface area contributed by atoms with Gasteiger partial charge < -0.3 is 5.11 Å². The zero-order valence-corrected chi connectivity index (χ0v) is 10.8. The molecule has 2 unspecified atom stereocenters. The molecule has 1 aromatic rings. The Kier molecular flexibility index (Phi) is 3.03. The molecule has 0 aromatic heterocycles. The lowest BCUT2D eigenvalue weighted by atomic mass is 9.64. The zero-order valence-electron chi connectivity index (χ0n) is 10.8. The summed E-state index contributed by atoms with van der Waals surface area (Å²) in [7, 11) is 0. The Labute approximate surface area is 103 Å². The van der Waals surface area contributed by atoms with Crippen LogP contribution >= 0.6 is 0 Å². The van der Waals surface area contributed by atoms with E-state index in [4.69, 9.17) is 0 Å². The summed E-state index contributed by atoms with van der Waals surface area (Å²) in [6.45, 7) is 6.43. The molecule has 1 aliphatic carbocycles. The van der Waals surface area contributed by atoms with Gasteiger partial charge in [0.05, 0.1) is 5.60 Å². The van der Waals surface area contributed by atoms with Crippen molar-refractivity contribution < 1.29 is 9.50 Å². The van der Waals surface area contributed by atoms with Crippen molar-refractivity contribution in [3.05, 3.63) is 35.6 Å². The first-order valence-corrected chi connectivity index (χ1v) is 6.30. The lowest BCUT2D eigenvalue weighted by Crippen LogP contribution is -2.40. The maximum atomic E-state index is 13.8. The average molecular weight is 236 g/mol. The van der Waals surface area contributed by atoms with Crippen LogP contribution in [0.3, 0.4) is 0 Å². The van der Waals surface area contributed by atoms with E-state index in [9.17, 15) is 9.50 Å². The standard InChI is InChI=1S/C15H21FO/c1-11-8-14(2,3)10-15(17,9-11)12-6-4-5-7-13(12)16/h4-7,11,17H,8-10H2,1-3H3. The van der Waals surface area contributed by atoms with Gasteiger partial charge in [-0.15, -0.1) is 0 Å². The van der Waals surface area contributed by atoms with E-state index in [1.165, 1.54) is 6.07 Å². The van der Waals surface area contributed by atoms with Crippen LogP contribution in [0.5, 0.6) is 0 Å². The lowest BCUT2D eigenvalue weighted by molar-refractivity contribution is -0.0657. The van der Waals surface area contributed by atoms with E-state index in [1.54, 1.807) is 18.2 Å². The van der Waals surface area contributed by atoms with Gasteiger partial charge in [-0.2, -0.15) is 0 Å². The first-order chi connectivity index (χ1) is 7.82. The highest BCUT2D eigenvalue weighted by atomic mass is 19.1. The summed E-state index contributed by atoms with van der Waals surface area (Å²) in [4.78, 5) is 0. The summed E-state index contributed by atoms with van der Waals surface area (Å²) in [6, 6.07) is 6.60. The highest BCUT2D eigenvalue weighted by molar-refractivity contribution is 5.25. The highest BCUT2D eigenvalue weighted by Gasteiger charge is 2.43. The van der Waals surface area contributed by atoms with Crippen LogP contribution in [0, 0.1) is 17.2 Å². The molecule has 0 radical (unpaired) electrons. The van der Waals surface area contributed by atoms with Gasteiger partial charge >= 0.3 is 0 Å². The smallest absolute Gasteiger partial charge is 0.129 e. The normalized spacial score (nSPS) is 32.4. The Hall–Kier alpha value is -0.890. The van der Waals surface area contributed by atoms with Gasteiger partial charge in [0.15, 0.2) is 0 Å². The summed E-state index contributed by atoms with van der Waals surface area (Å²) in [5, 5.41) is 10.8. The molecule has 0 amide bonds. The van der Waals surface area contributed by atoms with Crippen LogP contribution < -0.4 is 0 Å². The summed E-state index contributed by atoms with van der Waals surface area (Å²) in [6.07, 6.45) is 2.37. The zero-order chi connectivity index (χ0) is 12.7. The van der Waals surface area contributed by atoms with Gasteiger partial charge in [-0.3, -0.25) is 0 Å². The van der Waals surface area contributed by atoms with E-state index < -0.39 is 5.60 Å². The van der Waals surface area contributed by atoms with Gasteiger partial charge in [-0.25, -0.2) is 4.39 Å². The number of hydrogen-bond donors (Lipinski definition) is 1. The molecule has 1 saturated carbocycles. The second-order valence-corrected chi connectivity index (χ2v) is 6.37. The number of benzene rings is 1. The molecule has 2 rings (SSSR count). The predicted molar refractivity (Wildman–Crippen MR) is 67.1 cm³/mol. The van der Waals surface area contributed by atoms with Crippen molar-refractivity contribution in [3.63, 3.8) is 0 Å². The van der Waals surface area contributed by atoms with Crippen molar-refractivity contribution in [2.24, 2.45) is 11.3 Å². The third-order valence-electron chi connectivity index (χ3n) is 3.73. The molecule has 2 atom stereocenters. The molecule has 17 heavy (non-hydrogen) atoms. The molecular formula is C15H21FO. The highest BCUT2D eigenvalue weighted by Crippen LogP contribution is 2.48. The van der Waals surface area contributed by atoms with Crippen molar-refractivity contribution in [3.8, 4) is 0 Å². The van der Waals surface area contributed by atoms with Gasteiger partial charge in [0.1, 0.15) is 5.82 Å². The van der Waals surface area contributed by atoms with Crippen LogP contribution in [0.1, 0.15) is 45.6 Å². The van der Waals surface area contributed by atoms with Gasteiger partial charge in [0.25, 0.3) is 0 Å². The van der Waals surface area contributed by atoms with Crippen molar-refractivity contribution in [2.75, 3.05) is 0 Å². The molecule has 0 aliphatic heterocycles. The lowest BCUT2D eigenvalue weighted by Gasteiger charge is -2.45. The maximum absolute atomic E-state index is 13.8. The van der Waals surface area contributed by atoms with E-state index in [-0.39, 0.29) is 11.2 Å². The fraction of sp³-hybridized carbons (Fsp3) is 0.600. The topological polar surface area (TPSA) is 20.2 Å². The quantitative estimate of drug-likeness (QED) is 0.785. The van der Waals surface area contributed by atoms with Crippen LogP contribution in [0.4, 0.5) is 4.39 Å². The fourth-order valence-electron chi connectivity index (χ4n) is 3.57. The molecular weight excluding hydrogens is 215 g/mol. The summed E-state index contributed by atoms with van der Waals surface area (Å²) in [5.41, 5.74) is -0.485. The number of rotatable bonds is 1. The van der Waals surface area contributed by atoms with E-state index >= 15 is 0 Å². The summed E-state index contributed by atoms with van der Waals surface area (Å²) < 4.78 is 13.8. The molecule has 1 fully saturated rings. The molecule has 2 heteroatoms. The largest absolute Gasteiger partial charge is 0.385 e. The molecule has 1 N–H and O–H groups in total. The Balaban J connectivity index is 2.39. The van der Waals surface area contributed by atoms with Crippen LogP contribution in [0.2, 0.25) is 0 Å². The first kappa shape index (κ1) is 12.6. The Bertz CT molecular complexity index is 413. The van der Waals surface area contributed by atoms with Gasteiger partial charge in [0, 0.05) is 5.56 Å². The molecule has 0 bridgehead atoms. The minimum atomic E-state index is -1.01. The van der Waals surface area contributed by atoms with Crippen LogP contribution in [-0.4, -0.2) is 5.11 Å². The third-order valence-corrected chi connectivity index (χ3v) is 3.73. The summed E-state index contributed by atoms with van der Waals surface area (Å²) >= 11 is 0. The average Bonchev–Trinajstić information content (AvgIpc) is 2.13. The second kappa shape index (κ2) is 4.09. The maximum Gasteiger partial charge on any atom is 0.129 e. The van der Waals surface area contributed by atoms with E-state index in [2.05, 4.69) is 20.8 Å². The van der Waals surface area contributed by atoms with E-state index in [1.807, 2.05) is 0 Å². The van der Waals surface area contributed by atoms with E-state index in [0.29, 0.717) is 24.3 Å². The van der Waals surface area contributed by atoms with Gasteiger partial charge in [-0.05, 0) is 36.7 Å². The first-order valence-electron chi connectivity index (χ1n) is 6.30. The number of hydrogen-bond acceptors (Lipinski definition) is 1. The monoisotopic (exact) mass is 236 g/mol. The molecule has 0 saturated heterocycles. The fourth-order valence-corrected chi connectivity index (χ4v) is 3.57. The number of halogens is 1. The van der Waals surface area contributed by atoms with Crippen LogP contribution in [0.25, 0.3) is 0 Å². The molecule has 94 valence electrons. The van der Waals surface area contributed by atoms with Crippen molar-refractivity contribution in [1.29, 1.82) is 0 Å². The summed E-state index contributed by atoms with van der Waals surface area (Å²) in [5.74, 6) is 0.128.